The van der Waals surface area contributed by atoms with E-state index in [4.69, 9.17) is 4.74 Å². The predicted octanol–water partition coefficient (Wildman–Crippen LogP) is 2.74. The first kappa shape index (κ1) is 19.4. The van der Waals surface area contributed by atoms with Gasteiger partial charge in [0.15, 0.2) is 0 Å². The number of benzene rings is 1. The van der Waals surface area contributed by atoms with Gasteiger partial charge in [0, 0.05) is 43.5 Å². The van der Waals surface area contributed by atoms with Crippen LogP contribution in [0.15, 0.2) is 24.4 Å². The minimum absolute atomic E-state index is 0.114. The molecule has 28 heavy (non-hydrogen) atoms. The van der Waals surface area contributed by atoms with Crippen LogP contribution in [0, 0.1) is 12.3 Å². The number of aromatic nitrogens is 2. The SMILES string of the molecule is Cc1ccc2c(cnn2CCC(=O)NCC2(CN3CCCC3)CCOCC2)c1. The predicted molar refractivity (Wildman–Crippen MR) is 110 cm³/mol. The molecule has 2 aliphatic rings. The summed E-state index contributed by atoms with van der Waals surface area (Å²) in [5.74, 6) is 0.114. The van der Waals surface area contributed by atoms with Crippen LogP contribution in [0.25, 0.3) is 10.9 Å². The summed E-state index contributed by atoms with van der Waals surface area (Å²) in [4.78, 5) is 15.1. The van der Waals surface area contributed by atoms with E-state index in [1.807, 2.05) is 10.9 Å². The van der Waals surface area contributed by atoms with E-state index in [1.54, 1.807) is 0 Å². The number of fused-ring (bicyclic) bond motifs is 1. The Kier molecular flexibility index (Phi) is 5.97. The third-order valence-corrected chi connectivity index (χ3v) is 6.32. The van der Waals surface area contributed by atoms with Gasteiger partial charge in [0.2, 0.25) is 5.91 Å². The summed E-state index contributed by atoms with van der Waals surface area (Å²) >= 11 is 0. The van der Waals surface area contributed by atoms with Gasteiger partial charge in [-0.2, -0.15) is 5.10 Å². The molecule has 6 heteroatoms. The van der Waals surface area contributed by atoms with Gasteiger partial charge >= 0.3 is 0 Å². The Hall–Kier alpha value is -1.92. The molecule has 1 amide bonds. The highest BCUT2D eigenvalue weighted by molar-refractivity contribution is 5.80. The van der Waals surface area contributed by atoms with Crippen molar-refractivity contribution in [2.75, 3.05) is 39.4 Å². The molecular weight excluding hydrogens is 352 g/mol. The molecule has 3 heterocycles. The lowest BCUT2D eigenvalue weighted by Gasteiger charge is -2.40. The Balaban J connectivity index is 1.31. The van der Waals surface area contributed by atoms with Gasteiger partial charge in [-0.05, 0) is 57.8 Å². The van der Waals surface area contributed by atoms with Gasteiger partial charge in [-0.25, -0.2) is 0 Å². The number of nitrogens with zero attached hydrogens (tertiary/aromatic N) is 3. The average Bonchev–Trinajstić information content (AvgIpc) is 3.35. The normalized spacial score (nSPS) is 19.9. The molecule has 0 atom stereocenters. The lowest BCUT2D eigenvalue weighted by atomic mass is 9.79. The number of carbonyl (C=O) groups is 1. The van der Waals surface area contributed by atoms with E-state index in [2.05, 4.69) is 40.4 Å². The largest absolute Gasteiger partial charge is 0.381 e. The van der Waals surface area contributed by atoms with Crippen molar-refractivity contribution >= 4 is 16.8 Å². The number of amides is 1. The summed E-state index contributed by atoms with van der Waals surface area (Å²) in [7, 11) is 0. The van der Waals surface area contributed by atoms with Crippen LogP contribution in [-0.2, 0) is 16.1 Å². The highest BCUT2D eigenvalue weighted by Gasteiger charge is 2.35. The zero-order chi connectivity index (χ0) is 19.4. The maximum atomic E-state index is 12.6. The molecule has 0 unspecified atom stereocenters. The van der Waals surface area contributed by atoms with Crippen LogP contribution in [0.1, 0.15) is 37.7 Å². The zero-order valence-electron chi connectivity index (χ0n) is 17.0. The van der Waals surface area contributed by atoms with Crippen molar-refractivity contribution in [3.05, 3.63) is 30.0 Å². The van der Waals surface area contributed by atoms with Crippen molar-refractivity contribution in [2.45, 2.75) is 45.6 Å². The Morgan fingerprint density at radius 3 is 2.82 bits per heavy atom. The quantitative estimate of drug-likeness (QED) is 0.797. The summed E-state index contributed by atoms with van der Waals surface area (Å²) in [6, 6.07) is 6.31. The Bertz CT molecular complexity index is 804. The smallest absolute Gasteiger partial charge is 0.221 e. The highest BCUT2D eigenvalue weighted by atomic mass is 16.5. The van der Waals surface area contributed by atoms with Crippen molar-refractivity contribution in [1.82, 2.24) is 20.0 Å². The fourth-order valence-corrected chi connectivity index (χ4v) is 4.58. The Morgan fingerprint density at radius 1 is 1.25 bits per heavy atom. The molecule has 152 valence electrons. The van der Waals surface area contributed by atoms with Gasteiger partial charge in [-0.3, -0.25) is 9.48 Å². The molecular formula is C22H32N4O2. The molecule has 4 rings (SSSR count). The number of nitrogens with one attached hydrogen (secondary N) is 1. The first-order valence-electron chi connectivity index (χ1n) is 10.6. The minimum Gasteiger partial charge on any atom is -0.381 e. The number of hydrogen-bond donors (Lipinski definition) is 1. The first-order valence-corrected chi connectivity index (χ1v) is 10.6. The van der Waals surface area contributed by atoms with Gasteiger partial charge in [0.1, 0.15) is 0 Å². The van der Waals surface area contributed by atoms with Crippen molar-refractivity contribution in [1.29, 1.82) is 0 Å². The molecule has 2 aromatic rings. The average molecular weight is 385 g/mol. The zero-order valence-corrected chi connectivity index (χ0v) is 17.0. The van der Waals surface area contributed by atoms with Crippen LogP contribution in [0.3, 0.4) is 0 Å². The van der Waals surface area contributed by atoms with Crippen molar-refractivity contribution in [3.8, 4) is 0 Å². The first-order chi connectivity index (χ1) is 13.6. The van der Waals surface area contributed by atoms with E-state index in [9.17, 15) is 4.79 Å². The van der Waals surface area contributed by atoms with Gasteiger partial charge < -0.3 is 15.0 Å². The van der Waals surface area contributed by atoms with Gasteiger partial charge in [0.05, 0.1) is 18.3 Å². The maximum absolute atomic E-state index is 12.6. The molecule has 2 aliphatic heterocycles. The molecule has 2 fully saturated rings. The molecule has 1 aromatic heterocycles. The number of rotatable bonds is 7. The summed E-state index contributed by atoms with van der Waals surface area (Å²) < 4.78 is 7.53. The van der Waals surface area contributed by atoms with Crippen molar-refractivity contribution in [3.63, 3.8) is 0 Å². The summed E-state index contributed by atoms with van der Waals surface area (Å²) in [5, 5.41) is 8.81. The van der Waals surface area contributed by atoms with E-state index in [-0.39, 0.29) is 11.3 Å². The molecule has 0 saturated carbocycles. The van der Waals surface area contributed by atoms with Crippen LogP contribution in [0.2, 0.25) is 0 Å². The summed E-state index contributed by atoms with van der Waals surface area (Å²) in [6.45, 7) is 8.54. The monoisotopic (exact) mass is 384 g/mol. The van der Waals surface area contributed by atoms with Crippen molar-refractivity contribution < 1.29 is 9.53 Å². The van der Waals surface area contributed by atoms with Crippen LogP contribution in [-0.4, -0.2) is 60.0 Å². The van der Waals surface area contributed by atoms with Crippen LogP contribution < -0.4 is 5.32 Å². The van der Waals surface area contributed by atoms with E-state index in [0.29, 0.717) is 13.0 Å². The Morgan fingerprint density at radius 2 is 2.04 bits per heavy atom. The number of likely N-dealkylation sites (tertiary alicyclic amines) is 1. The highest BCUT2D eigenvalue weighted by Crippen LogP contribution is 2.32. The van der Waals surface area contributed by atoms with E-state index >= 15 is 0 Å². The van der Waals surface area contributed by atoms with Crippen LogP contribution in [0.4, 0.5) is 0 Å². The number of carbonyl (C=O) groups excluding carboxylic acids is 1. The van der Waals surface area contributed by atoms with Crippen molar-refractivity contribution in [2.24, 2.45) is 5.41 Å². The third kappa shape index (κ3) is 4.55. The topological polar surface area (TPSA) is 59.4 Å². The lowest BCUT2D eigenvalue weighted by molar-refractivity contribution is -0.122. The second kappa shape index (κ2) is 8.62. The van der Waals surface area contributed by atoms with E-state index < -0.39 is 0 Å². The van der Waals surface area contributed by atoms with Crippen LogP contribution in [0.5, 0.6) is 0 Å². The van der Waals surface area contributed by atoms with Gasteiger partial charge in [-0.15, -0.1) is 0 Å². The molecule has 6 nitrogen and oxygen atoms in total. The van der Waals surface area contributed by atoms with Crippen LogP contribution >= 0.6 is 0 Å². The minimum atomic E-state index is 0.114. The van der Waals surface area contributed by atoms with Gasteiger partial charge in [-0.1, -0.05) is 11.6 Å². The molecule has 0 spiro atoms. The standard InChI is InChI=1S/C22H32N4O2/c1-18-4-5-20-19(14-18)15-24-26(20)11-6-21(27)23-16-22(7-12-28-13-8-22)17-25-9-2-3-10-25/h4-5,14-15H,2-3,6-13,16-17H2,1H3,(H,23,27). The molecule has 1 aromatic carbocycles. The Labute approximate surface area is 167 Å². The molecule has 2 saturated heterocycles. The second-order valence-electron chi connectivity index (χ2n) is 8.55. The number of hydrogen-bond acceptors (Lipinski definition) is 4. The molecule has 0 radical (unpaired) electrons. The molecule has 1 N–H and O–H groups in total. The molecule has 0 aliphatic carbocycles. The fourth-order valence-electron chi connectivity index (χ4n) is 4.58. The lowest BCUT2D eigenvalue weighted by Crippen LogP contribution is -2.48. The third-order valence-electron chi connectivity index (χ3n) is 6.32. The summed E-state index contributed by atoms with van der Waals surface area (Å²) in [5.41, 5.74) is 2.48. The number of ether oxygens (including phenoxy) is 1. The fraction of sp³-hybridized carbons (Fsp3) is 0.636. The van der Waals surface area contributed by atoms with E-state index in [1.165, 1.54) is 31.5 Å². The van der Waals surface area contributed by atoms with Gasteiger partial charge in [0.25, 0.3) is 0 Å². The molecule has 0 bridgehead atoms. The van der Waals surface area contributed by atoms with E-state index in [0.717, 1.165) is 50.0 Å². The summed E-state index contributed by atoms with van der Waals surface area (Å²) in [6.07, 6.45) is 7.01. The number of aryl methyl sites for hydroxylation is 2. The second-order valence-corrected chi connectivity index (χ2v) is 8.55. The maximum Gasteiger partial charge on any atom is 0.221 e.